The van der Waals surface area contributed by atoms with Gasteiger partial charge in [-0.1, -0.05) is 30.3 Å². The Balaban J connectivity index is 1.63. The number of aryl methyl sites for hydroxylation is 1. The van der Waals surface area contributed by atoms with Crippen LogP contribution in [0.3, 0.4) is 0 Å². The Kier molecular flexibility index (Phi) is 3.50. The summed E-state index contributed by atoms with van der Waals surface area (Å²) in [7, 11) is 0. The van der Waals surface area contributed by atoms with E-state index in [-0.39, 0.29) is 18.0 Å². The fourth-order valence-corrected chi connectivity index (χ4v) is 4.67. The van der Waals surface area contributed by atoms with E-state index < -0.39 is 0 Å². The minimum atomic E-state index is -0.238. The van der Waals surface area contributed by atoms with Crippen molar-refractivity contribution in [3.63, 3.8) is 0 Å². The molecule has 3 aromatic rings. The Morgan fingerprint density at radius 2 is 1.92 bits per heavy atom. The summed E-state index contributed by atoms with van der Waals surface area (Å²) in [5.41, 5.74) is 4.05. The number of hydrazone groups is 1. The van der Waals surface area contributed by atoms with Gasteiger partial charge in [0, 0.05) is 17.5 Å². The molecule has 130 valence electrons. The highest BCUT2D eigenvalue weighted by atomic mass is 32.1. The number of phenols is 1. The van der Waals surface area contributed by atoms with E-state index in [1.807, 2.05) is 36.4 Å². The minimum absolute atomic E-state index is 0.112. The SMILES string of the molecule is Cc1ccsc1[C@@H]1Oc2ccccc2[C@@H]2CC(c3ccccc3O)=NN21. The lowest BCUT2D eigenvalue weighted by Crippen LogP contribution is -2.33. The lowest BCUT2D eigenvalue weighted by molar-refractivity contribution is -0.0169. The second kappa shape index (κ2) is 5.88. The van der Waals surface area contributed by atoms with Gasteiger partial charge in [0.1, 0.15) is 11.5 Å². The number of thiophene rings is 1. The Morgan fingerprint density at radius 3 is 2.73 bits per heavy atom. The van der Waals surface area contributed by atoms with E-state index in [1.54, 1.807) is 17.4 Å². The van der Waals surface area contributed by atoms with Crippen LogP contribution in [0.1, 0.15) is 40.3 Å². The number of fused-ring (bicyclic) bond motifs is 3. The highest BCUT2D eigenvalue weighted by Crippen LogP contribution is 2.49. The zero-order valence-corrected chi connectivity index (χ0v) is 15.1. The summed E-state index contributed by atoms with van der Waals surface area (Å²) < 4.78 is 6.35. The van der Waals surface area contributed by atoms with Gasteiger partial charge in [-0.05, 0) is 42.1 Å². The summed E-state index contributed by atoms with van der Waals surface area (Å²) in [4.78, 5) is 1.17. The van der Waals surface area contributed by atoms with Crippen molar-refractivity contribution in [3.05, 3.63) is 81.5 Å². The van der Waals surface area contributed by atoms with Crippen LogP contribution in [0.2, 0.25) is 0 Å². The van der Waals surface area contributed by atoms with Crippen LogP contribution < -0.4 is 4.74 Å². The third-order valence-electron chi connectivity index (χ3n) is 5.04. The number of aromatic hydroxyl groups is 1. The van der Waals surface area contributed by atoms with E-state index in [9.17, 15) is 5.11 Å². The molecular weight excluding hydrogens is 344 g/mol. The third kappa shape index (κ3) is 2.31. The van der Waals surface area contributed by atoms with Crippen molar-refractivity contribution < 1.29 is 9.84 Å². The number of hydrogen-bond acceptors (Lipinski definition) is 5. The molecule has 5 rings (SSSR count). The van der Waals surface area contributed by atoms with Crippen molar-refractivity contribution in [3.8, 4) is 11.5 Å². The molecule has 2 aromatic carbocycles. The first kappa shape index (κ1) is 15.5. The van der Waals surface area contributed by atoms with Crippen LogP contribution in [0.15, 0.2) is 65.1 Å². The number of phenolic OH excluding ortho intramolecular Hbond substituents is 1. The van der Waals surface area contributed by atoms with Crippen molar-refractivity contribution >= 4 is 17.0 Å². The first-order valence-corrected chi connectivity index (χ1v) is 9.54. The highest BCUT2D eigenvalue weighted by molar-refractivity contribution is 7.10. The monoisotopic (exact) mass is 362 g/mol. The number of hydrogen-bond donors (Lipinski definition) is 1. The fourth-order valence-electron chi connectivity index (χ4n) is 3.72. The van der Waals surface area contributed by atoms with Gasteiger partial charge in [-0.2, -0.15) is 5.10 Å². The molecule has 1 aromatic heterocycles. The number of nitrogens with zero attached hydrogens (tertiary/aromatic N) is 2. The summed E-state index contributed by atoms with van der Waals surface area (Å²) in [6.45, 7) is 2.11. The Morgan fingerprint density at radius 1 is 1.12 bits per heavy atom. The molecule has 0 bridgehead atoms. The van der Waals surface area contributed by atoms with Crippen LogP contribution in [-0.4, -0.2) is 15.8 Å². The quantitative estimate of drug-likeness (QED) is 0.697. The van der Waals surface area contributed by atoms with Crippen LogP contribution >= 0.6 is 11.3 Å². The van der Waals surface area contributed by atoms with Gasteiger partial charge < -0.3 is 9.84 Å². The molecule has 0 fully saturated rings. The van der Waals surface area contributed by atoms with Crippen molar-refractivity contribution in [2.75, 3.05) is 0 Å². The second-order valence-corrected chi connectivity index (χ2v) is 7.59. The normalized spacial score (nSPS) is 21.0. The largest absolute Gasteiger partial charge is 0.507 e. The van der Waals surface area contributed by atoms with Crippen LogP contribution in [0.4, 0.5) is 0 Å². The topological polar surface area (TPSA) is 45.1 Å². The summed E-state index contributed by atoms with van der Waals surface area (Å²) in [5, 5.41) is 19.3. The molecule has 4 nitrogen and oxygen atoms in total. The maximum absolute atomic E-state index is 10.3. The average molecular weight is 362 g/mol. The van der Waals surface area contributed by atoms with E-state index >= 15 is 0 Å². The van der Waals surface area contributed by atoms with Gasteiger partial charge in [0.2, 0.25) is 6.23 Å². The van der Waals surface area contributed by atoms with Crippen LogP contribution in [0, 0.1) is 6.92 Å². The molecule has 26 heavy (non-hydrogen) atoms. The predicted octanol–water partition coefficient (Wildman–Crippen LogP) is 5.00. The summed E-state index contributed by atoms with van der Waals surface area (Å²) in [5.74, 6) is 1.18. The molecule has 0 spiro atoms. The van der Waals surface area contributed by atoms with E-state index in [0.717, 1.165) is 29.0 Å². The lowest BCUT2D eigenvalue weighted by Gasteiger charge is -2.37. The van der Waals surface area contributed by atoms with E-state index in [2.05, 4.69) is 29.4 Å². The Bertz CT molecular complexity index is 1010. The van der Waals surface area contributed by atoms with Crippen LogP contribution in [-0.2, 0) is 0 Å². The van der Waals surface area contributed by atoms with Crippen LogP contribution in [0.5, 0.6) is 11.5 Å². The third-order valence-corrected chi connectivity index (χ3v) is 6.09. The molecule has 1 N–H and O–H groups in total. The molecular formula is C21H18N2O2S. The molecule has 0 unspecified atom stereocenters. The zero-order valence-electron chi connectivity index (χ0n) is 14.3. The minimum Gasteiger partial charge on any atom is -0.507 e. The van der Waals surface area contributed by atoms with Gasteiger partial charge in [-0.3, -0.25) is 0 Å². The molecule has 2 aliphatic heterocycles. The number of rotatable bonds is 2. The van der Waals surface area contributed by atoms with Crippen LogP contribution in [0.25, 0.3) is 0 Å². The second-order valence-electron chi connectivity index (χ2n) is 6.64. The maximum atomic E-state index is 10.3. The van der Waals surface area contributed by atoms with Gasteiger partial charge >= 0.3 is 0 Å². The van der Waals surface area contributed by atoms with Crippen molar-refractivity contribution in [1.82, 2.24) is 5.01 Å². The van der Waals surface area contributed by atoms with Crippen molar-refractivity contribution in [2.45, 2.75) is 25.6 Å². The van der Waals surface area contributed by atoms with E-state index in [4.69, 9.17) is 9.84 Å². The van der Waals surface area contributed by atoms with Gasteiger partial charge in [-0.15, -0.1) is 11.3 Å². The predicted molar refractivity (Wildman–Crippen MR) is 103 cm³/mol. The summed E-state index contributed by atoms with van der Waals surface area (Å²) in [6.07, 6.45) is 0.511. The summed E-state index contributed by atoms with van der Waals surface area (Å²) >= 11 is 1.69. The molecule has 5 heteroatoms. The Labute approximate surface area is 156 Å². The number of benzene rings is 2. The molecule has 0 saturated heterocycles. The Hall–Kier alpha value is -2.79. The molecule has 2 aliphatic rings. The fraction of sp³-hybridized carbons (Fsp3) is 0.190. The van der Waals surface area contributed by atoms with Crippen molar-refractivity contribution in [1.29, 1.82) is 0 Å². The number of para-hydroxylation sites is 2. The van der Waals surface area contributed by atoms with Gasteiger partial charge in [0.05, 0.1) is 16.6 Å². The average Bonchev–Trinajstić information content (AvgIpc) is 3.28. The highest BCUT2D eigenvalue weighted by Gasteiger charge is 2.42. The number of ether oxygens (including phenoxy) is 1. The molecule has 0 aliphatic carbocycles. The molecule has 3 heterocycles. The standard InChI is InChI=1S/C21H18N2O2S/c1-13-10-11-26-20(13)21-23-17(15-7-3-5-9-19(15)25-21)12-16(22-23)14-6-2-4-8-18(14)24/h2-11,17,21,24H,12H2,1H3/t17-,21-/m0/s1. The molecule has 0 saturated carbocycles. The van der Waals surface area contributed by atoms with E-state index in [1.165, 1.54) is 10.4 Å². The van der Waals surface area contributed by atoms with Gasteiger partial charge in [-0.25, -0.2) is 5.01 Å². The summed E-state index contributed by atoms with van der Waals surface area (Å²) in [6, 6.07) is 17.8. The molecule has 0 amide bonds. The van der Waals surface area contributed by atoms with Crippen molar-refractivity contribution in [2.24, 2.45) is 5.10 Å². The van der Waals surface area contributed by atoms with E-state index in [0.29, 0.717) is 0 Å². The molecule has 2 atom stereocenters. The lowest BCUT2D eigenvalue weighted by atomic mass is 9.96. The smallest absolute Gasteiger partial charge is 0.223 e. The molecule has 0 radical (unpaired) electrons. The maximum Gasteiger partial charge on any atom is 0.223 e. The zero-order chi connectivity index (χ0) is 17.7. The van der Waals surface area contributed by atoms with Gasteiger partial charge in [0.25, 0.3) is 0 Å². The first-order valence-electron chi connectivity index (χ1n) is 8.66. The van der Waals surface area contributed by atoms with Gasteiger partial charge in [0.15, 0.2) is 0 Å². The first-order chi connectivity index (χ1) is 12.7.